The zero-order chi connectivity index (χ0) is 16.7. The van der Waals surface area contributed by atoms with Crippen LogP contribution in [-0.2, 0) is 16.1 Å². The first-order valence-electron chi connectivity index (χ1n) is 9.00. The molecule has 1 aromatic rings. The van der Waals surface area contributed by atoms with E-state index in [4.69, 9.17) is 0 Å². The third-order valence-corrected chi connectivity index (χ3v) is 5.89. The fourth-order valence-corrected chi connectivity index (χ4v) is 4.03. The fraction of sp³-hybridized carbons (Fsp3) is 0.632. The largest absolute Gasteiger partial charge is 0.342 e. The topological polar surface area (TPSA) is 53.5 Å². The Morgan fingerprint density at radius 3 is 2.92 bits per heavy atom. The van der Waals surface area contributed by atoms with Gasteiger partial charge in [0.2, 0.25) is 11.8 Å². The molecule has 0 bridgehead atoms. The molecular formula is C19H25N3O2. The lowest BCUT2D eigenvalue weighted by Crippen LogP contribution is -2.32. The van der Waals surface area contributed by atoms with Crippen molar-refractivity contribution in [2.24, 2.45) is 17.3 Å². The van der Waals surface area contributed by atoms with Crippen molar-refractivity contribution in [3.63, 3.8) is 0 Å². The number of amides is 2. The van der Waals surface area contributed by atoms with Gasteiger partial charge in [0.15, 0.2) is 0 Å². The van der Waals surface area contributed by atoms with Gasteiger partial charge in [0.05, 0.1) is 12.2 Å². The Kier molecular flexibility index (Phi) is 3.82. The summed E-state index contributed by atoms with van der Waals surface area (Å²) in [7, 11) is 1.86. The Labute approximate surface area is 143 Å². The molecule has 128 valence electrons. The van der Waals surface area contributed by atoms with E-state index in [0.29, 0.717) is 24.8 Å². The van der Waals surface area contributed by atoms with Crippen molar-refractivity contribution in [3.05, 3.63) is 30.1 Å². The van der Waals surface area contributed by atoms with Crippen LogP contribution in [0.2, 0.25) is 0 Å². The maximum Gasteiger partial charge on any atom is 0.226 e. The molecule has 3 aliphatic rings. The lowest BCUT2D eigenvalue weighted by atomic mass is 10.0. The summed E-state index contributed by atoms with van der Waals surface area (Å²) in [6.45, 7) is 2.17. The lowest BCUT2D eigenvalue weighted by Gasteiger charge is -2.19. The SMILES string of the molecule is CN(Cc1ccccn1)C(=O)[C@@H]1C[C@@]12CCN(C(=O)CC1CC1)C2. The molecule has 0 radical (unpaired) electrons. The van der Waals surface area contributed by atoms with E-state index in [9.17, 15) is 9.59 Å². The summed E-state index contributed by atoms with van der Waals surface area (Å²) in [5.74, 6) is 1.23. The molecule has 4 rings (SSSR count). The second kappa shape index (κ2) is 5.87. The number of pyridine rings is 1. The van der Waals surface area contributed by atoms with Crippen LogP contribution < -0.4 is 0 Å². The van der Waals surface area contributed by atoms with Gasteiger partial charge in [-0.2, -0.15) is 0 Å². The highest BCUT2D eigenvalue weighted by atomic mass is 16.2. The van der Waals surface area contributed by atoms with Crippen LogP contribution in [0, 0.1) is 17.3 Å². The molecule has 0 N–H and O–H groups in total. The van der Waals surface area contributed by atoms with Crippen molar-refractivity contribution in [3.8, 4) is 0 Å². The highest BCUT2D eigenvalue weighted by molar-refractivity contribution is 5.83. The minimum Gasteiger partial charge on any atom is -0.342 e. The zero-order valence-electron chi connectivity index (χ0n) is 14.3. The summed E-state index contributed by atoms with van der Waals surface area (Å²) < 4.78 is 0. The van der Waals surface area contributed by atoms with Crippen LogP contribution >= 0.6 is 0 Å². The molecule has 3 fully saturated rings. The van der Waals surface area contributed by atoms with E-state index in [1.54, 1.807) is 11.1 Å². The molecule has 0 aromatic carbocycles. The van der Waals surface area contributed by atoms with Crippen LogP contribution in [0.4, 0.5) is 0 Å². The molecule has 0 unspecified atom stereocenters. The Hall–Kier alpha value is -1.91. The first-order valence-corrected chi connectivity index (χ1v) is 9.00. The number of nitrogens with zero attached hydrogens (tertiary/aromatic N) is 3. The number of hydrogen-bond acceptors (Lipinski definition) is 3. The Balaban J connectivity index is 1.32. The van der Waals surface area contributed by atoms with Crippen LogP contribution in [0.15, 0.2) is 24.4 Å². The van der Waals surface area contributed by atoms with Crippen LogP contribution in [0.5, 0.6) is 0 Å². The number of rotatable bonds is 5. The molecule has 5 nitrogen and oxygen atoms in total. The molecule has 24 heavy (non-hydrogen) atoms. The van der Waals surface area contributed by atoms with Crippen LogP contribution in [0.25, 0.3) is 0 Å². The van der Waals surface area contributed by atoms with Crippen LogP contribution in [-0.4, -0.2) is 46.7 Å². The van der Waals surface area contributed by atoms with E-state index >= 15 is 0 Å². The average Bonchev–Trinajstić information content (AvgIpc) is 3.46. The summed E-state index contributed by atoms with van der Waals surface area (Å²) in [6, 6.07) is 5.77. The van der Waals surface area contributed by atoms with Crippen LogP contribution in [0.1, 0.15) is 37.8 Å². The third-order valence-electron chi connectivity index (χ3n) is 5.89. The molecule has 1 saturated heterocycles. The van der Waals surface area contributed by atoms with E-state index in [-0.39, 0.29) is 17.2 Å². The number of carbonyl (C=O) groups is 2. The predicted molar refractivity (Wildman–Crippen MR) is 89.8 cm³/mol. The summed E-state index contributed by atoms with van der Waals surface area (Å²) in [5.41, 5.74) is 0.977. The number of likely N-dealkylation sites (tertiary alicyclic amines) is 1. The molecular weight excluding hydrogens is 302 g/mol. The maximum absolute atomic E-state index is 12.7. The van der Waals surface area contributed by atoms with Gasteiger partial charge >= 0.3 is 0 Å². The highest BCUT2D eigenvalue weighted by Gasteiger charge is 2.61. The van der Waals surface area contributed by atoms with Gasteiger partial charge < -0.3 is 9.80 Å². The molecule has 2 amide bonds. The smallest absolute Gasteiger partial charge is 0.226 e. The molecule has 2 aliphatic carbocycles. The van der Waals surface area contributed by atoms with E-state index in [1.807, 2.05) is 30.1 Å². The van der Waals surface area contributed by atoms with Crippen molar-refractivity contribution in [1.82, 2.24) is 14.8 Å². The van der Waals surface area contributed by atoms with Crippen molar-refractivity contribution in [2.45, 2.75) is 38.6 Å². The molecule has 2 atom stereocenters. The minimum atomic E-state index is 0.0642. The zero-order valence-corrected chi connectivity index (χ0v) is 14.3. The molecule has 1 aromatic heterocycles. The Bertz CT molecular complexity index is 643. The number of carbonyl (C=O) groups excluding carboxylic acids is 2. The Morgan fingerprint density at radius 2 is 2.21 bits per heavy atom. The molecule has 1 spiro atoms. The van der Waals surface area contributed by atoms with Gasteiger partial charge in [-0.1, -0.05) is 6.07 Å². The van der Waals surface area contributed by atoms with E-state index < -0.39 is 0 Å². The molecule has 5 heteroatoms. The standard InChI is InChI=1S/C19H25N3O2/c1-21(12-15-4-2-3-8-20-15)18(24)16-11-19(16)7-9-22(13-19)17(23)10-14-5-6-14/h2-4,8,14,16H,5-7,9-13H2,1H3/t16-,19+/m0/s1. The van der Waals surface area contributed by atoms with Gasteiger partial charge in [0.25, 0.3) is 0 Å². The quantitative estimate of drug-likeness (QED) is 0.832. The molecule has 1 aliphatic heterocycles. The summed E-state index contributed by atoms with van der Waals surface area (Å²) in [6.07, 6.45) is 6.82. The monoisotopic (exact) mass is 327 g/mol. The van der Waals surface area contributed by atoms with Gasteiger partial charge in [-0.15, -0.1) is 0 Å². The second-order valence-electron chi connectivity index (χ2n) is 7.85. The van der Waals surface area contributed by atoms with Crippen molar-refractivity contribution < 1.29 is 9.59 Å². The van der Waals surface area contributed by atoms with Gasteiger partial charge in [-0.25, -0.2) is 0 Å². The minimum absolute atomic E-state index is 0.0642. The van der Waals surface area contributed by atoms with Gasteiger partial charge in [-0.3, -0.25) is 14.6 Å². The average molecular weight is 327 g/mol. The number of hydrogen-bond donors (Lipinski definition) is 0. The summed E-state index contributed by atoms with van der Waals surface area (Å²) in [4.78, 5) is 33.1. The van der Waals surface area contributed by atoms with E-state index in [1.165, 1.54) is 12.8 Å². The van der Waals surface area contributed by atoms with E-state index in [0.717, 1.165) is 31.6 Å². The number of aromatic nitrogens is 1. The van der Waals surface area contributed by atoms with Gasteiger partial charge in [0, 0.05) is 44.1 Å². The van der Waals surface area contributed by atoms with E-state index in [2.05, 4.69) is 4.98 Å². The van der Waals surface area contributed by atoms with Crippen molar-refractivity contribution in [2.75, 3.05) is 20.1 Å². The van der Waals surface area contributed by atoms with Gasteiger partial charge in [0.1, 0.15) is 0 Å². The highest BCUT2D eigenvalue weighted by Crippen LogP contribution is 2.59. The second-order valence-corrected chi connectivity index (χ2v) is 7.85. The van der Waals surface area contributed by atoms with Crippen molar-refractivity contribution in [1.29, 1.82) is 0 Å². The molecule has 2 heterocycles. The molecule has 2 saturated carbocycles. The third kappa shape index (κ3) is 3.04. The van der Waals surface area contributed by atoms with Gasteiger partial charge in [-0.05, 0) is 43.7 Å². The first-order chi connectivity index (χ1) is 11.6. The van der Waals surface area contributed by atoms with Crippen molar-refractivity contribution >= 4 is 11.8 Å². The fourth-order valence-electron chi connectivity index (χ4n) is 4.03. The summed E-state index contributed by atoms with van der Waals surface area (Å²) >= 11 is 0. The van der Waals surface area contributed by atoms with Crippen LogP contribution in [0.3, 0.4) is 0 Å². The first kappa shape index (κ1) is 15.6. The lowest BCUT2D eigenvalue weighted by molar-refractivity contribution is -0.133. The Morgan fingerprint density at radius 1 is 1.38 bits per heavy atom. The normalized spacial score (nSPS) is 28.2. The maximum atomic E-state index is 12.7. The predicted octanol–water partition coefficient (Wildman–Crippen LogP) is 2.08. The summed E-state index contributed by atoms with van der Waals surface area (Å²) in [5, 5.41) is 0.